The summed E-state index contributed by atoms with van der Waals surface area (Å²) >= 11 is 0. The maximum Gasteiger partial charge on any atom is 0.238 e. The third kappa shape index (κ3) is 2.76. The molecule has 0 aromatic carbocycles. The Balaban J connectivity index is 2.20. The number of nitrogens with one attached hydrogen (secondary N) is 1. The fourth-order valence-corrected chi connectivity index (χ4v) is 2.21. The maximum atomic E-state index is 4.48. The molecule has 0 aliphatic carbocycles. The summed E-state index contributed by atoms with van der Waals surface area (Å²) in [6, 6.07) is 3.82. The topological polar surface area (TPSA) is 96.4 Å². The van der Waals surface area contributed by atoms with Crippen molar-refractivity contribution in [3.05, 3.63) is 41.1 Å². The molecule has 0 bridgehead atoms. The number of hydrogen-bond acceptors (Lipinski definition) is 7. The molecule has 22 heavy (non-hydrogen) atoms. The highest BCUT2D eigenvalue weighted by molar-refractivity contribution is 5.63. The summed E-state index contributed by atoms with van der Waals surface area (Å²) in [5.74, 6) is 1.47. The van der Waals surface area contributed by atoms with Crippen LogP contribution >= 0.6 is 0 Å². The number of rotatable bonds is 3. The second-order valence-electron chi connectivity index (χ2n) is 5.07. The smallest absolute Gasteiger partial charge is 0.227 e. The summed E-state index contributed by atoms with van der Waals surface area (Å²) < 4.78 is 0. The van der Waals surface area contributed by atoms with Gasteiger partial charge in [-0.1, -0.05) is 0 Å². The monoisotopic (exact) mass is 296 g/mol. The second-order valence-corrected chi connectivity index (χ2v) is 5.07. The molecule has 3 aromatic heterocycles. The van der Waals surface area contributed by atoms with Crippen molar-refractivity contribution in [3.8, 4) is 0 Å². The molecule has 0 fully saturated rings. The average molecular weight is 296 g/mol. The van der Waals surface area contributed by atoms with Gasteiger partial charge in [0.25, 0.3) is 0 Å². The Morgan fingerprint density at radius 2 is 1.23 bits per heavy atom. The van der Waals surface area contributed by atoms with E-state index in [-0.39, 0.29) is 0 Å². The minimum absolute atomic E-state index is 0.469. The first-order valence-electron chi connectivity index (χ1n) is 6.83. The lowest BCUT2D eigenvalue weighted by Crippen LogP contribution is -2.18. The lowest BCUT2D eigenvalue weighted by molar-refractivity contribution is 0.908. The van der Waals surface area contributed by atoms with Crippen LogP contribution in [0.4, 0.5) is 17.7 Å². The molecule has 0 amide bonds. The van der Waals surface area contributed by atoms with Crippen LogP contribution < -0.4 is 4.90 Å². The van der Waals surface area contributed by atoms with E-state index in [9.17, 15) is 0 Å². The average Bonchev–Trinajstić information content (AvgIpc) is 2.90. The van der Waals surface area contributed by atoms with Crippen LogP contribution in [0.25, 0.3) is 0 Å². The van der Waals surface area contributed by atoms with Crippen LogP contribution in [0.2, 0.25) is 0 Å². The quantitative estimate of drug-likeness (QED) is 0.790. The molecule has 3 rings (SSSR count). The van der Waals surface area contributed by atoms with Crippen LogP contribution in [0, 0.1) is 27.7 Å². The van der Waals surface area contributed by atoms with Crippen molar-refractivity contribution < 1.29 is 0 Å². The Morgan fingerprint density at radius 1 is 0.773 bits per heavy atom. The van der Waals surface area contributed by atoms with Crippen LogP contribution in [0.1, 0.15) is 22.8 Å². The van der Waals surface area contributed by atoms with Crippen molar-refractivity contribution in [1.29, 1.82) is 0 Å². The van der Waals surface area contributed by atoms with Crippen LogP contribution in [-0.2, 0) is 0 Å². The molecule has 3 aromatic rings. The van der Waals surface area contributed by atoms with Gasteiger partial charge in [0, 0.05) is 22.8 Å². The molecule has 1 N–H and O–H groups in total. The number of aryl methyl sites for hydroxylation is 4. The number of aromatic amines is 1. The zero-order chi connectivity index (χ0) is 15.7. The molecule has 0 spiro atoms. The van der Waals surface area contributed by atoms with Crippen molar-refractivity contribution in [2.75, 3.05) is 4.90 Å². The van der Waals surface area contributed by atoms with Crippen LogP contribution in [0.5, 0.6) is 0 Å². The van der Waals surface area contributed by atoms with Gasteiger partial charge in [-0.15, -0.1) is 5.10 Å². The van der Waals surface area contributed by atoms with Crippen LogP contribution in [-0.4, -0.2) is 35.3 Å². The van der Waals surface area contributed by atoms with Gasteiger partial charge in [-0.25, -0.2) is 24.8 Å². The van der Waals surface area contributed by atoms with Gasteiger partial charge in [-0.05, 0) is 39.8 Å². The van der Waals surface area contributed by atoms with Crippen molar-refractivity contribution in [2.24, 2.45) is 0 Å². The Bertz CT molecular complexity index is 705. The zero-order valence-electron chi connectivity index (χ0n) is 12.9. The molecular weight excluding hydrogens is 280 g/mol. The molecule has 8 heteroatoms. The molecule has 0 saturated heterocycles. The van der Waals surface area contributed by atoms with Crippen molar-refractivity contribution in [2.45, 2.75) is 27.7 Å². The largest absolute Gasteiger partial charge is 0.238 e. The van der Waals surface area contributed by atoms with E-state index in [1.165, 1.54) is 0 Å². The first-order chi connectivity index (χ1) is 10.5. The molecule has 0 atom stereocenters. The summed E-state index contributed by atoms with van der Waals surface area (Å²) in [7, 11) is 0. The first-order valence-corrected chi connectivity index (χ1v) is 6.83. The molecule has 112 valence electrons. The fourth-order valence-electron chi connectivity index (χ4n) is 2.21. The third-order valence-corrected chi connectivity index (χ3v) is 2.97. The molecular formula is C14H16N8. The Labute approximate surface area is 127 Å². The molecule has 0 unspecified atom stereocenters. The minimum atomic E-state index is 0.469. The van der Waals surface area contributed by atoms with Gasteiger partial charge in [0.1, 0.15) is 0 Å². The Kier molecular flexibility index (Phi) is 3.50. The van der Waals surface area contributed by atoms with E-state index >= 15 is 0 Å². The normalized spacial score (nSPS) is 10.7. The molecule has 0 saturated carbocycles. The summed E-state index contributed by atoms with van der Waals surface area (Å²) in [5.41, 5.74) is 3.45. The Morgan fingerprint density at radius 3 is 1.59 bits per heavy atom. The summed E-state index contributed by atoms with van der Waals surface area (Å²) in [6.07, 6.45) is 1.59. The molecule has 8 nitrogen and oxygen atoms in total. The molecule has 0 aliphatic heterocycles. The number of anilines is 3. The van der Waals surface area contributed by atoms with Crippen molar-refractivity contribution >= 4 is 17.7 Å². The highest BCUT2D eigenvalue weighted by atomic mass is 15.4. The number of aromatic nitrogens is 7. The maximum absolute atomic E-state index is 4.48. The predicted molar refractivity (Wildman–Crippen MR) is 81.2 cm³/mol. The van der Waals surface area contributed by atoms with Gasteiger partial charge in [0.15, 0.2) is 5.82 Å². The summed E-state index contributed by atoms with van der Waals surface area (Å²) in [6.45, 7) is 7.67. The van der Waals surface area contributed by atoms with Crippen LogP contribution in [0.15, 0.2) is 18.3 Å². The van der Waals surface area contributed by atoms with Crippen molar-refractivity contribution in [1.82, 2.24) is 35.3 Å². The van der Waals surface area contributed by atoms with Gasteiger partial charge in [-0.3, -0.25) is 0 Å². The van der Waals surface area contributed by atoms with Gasteiger partial charge in [0.05, 0.1) is 6.20 Å². The first kappa shape index (κ1) is 14.1. The highest BCUT2D eigenvalue weighted by Gasteiger charge is 2.21. The third-order valence-electron chi connectivity index (χ3n) is 2.97. The van der Waals surface area contributed by atoms with Crippen LogP contribution in [0.3, 0.4) is 0 Å². The molecule has 0 radical (unpaired) electrons. The summed E-state index contributed by atoms with van der Waals surface area (Å²) in [5, 5.41) is 10.6. The van der Waals surface area contributed by atoms with Gasteiger partial charge >= 0.3 is 0 Å². The number of nitrogens with zero attached hydrogens (tertiary/aromatic N) is 7. The van der Waals surface area contributed by atoms with E-state index in [0.29, 0.717) is 17.7 Å². The van der Waals surface area contributed by atoms with E-state index in [1.807, 2.05) is 39.8 Å². The van der Waals surface area contributed by atoms with E-state index in [4.69, 9.17) is 0 Å². The van der Waals surface area contributed by atoms with E-state index in [2.05, 4.69) is 35.3 Å². The minimum Gasteiger partial charge on any atom is -0.227 e. The zero-order valence-corrected chi connectivity index (χ0v) is 12.9. The Hall–Kier alpha value is -2.90. The SMILES string of the molecule is Cc1cc(C)nc(N(c2cn[nH]n2)c2nc(C)cc(C)n2)n1. The van der Waals surface area contributed by atoms with E-state index in [1.54, 1.807) is 11.1 Å². The molecule has 3 heterocycles. The van der Waals surface area contributed by atoms with Gasteiger partial charge in [0.2, 0.25) is 11.9 Å². The lowest BCUT2D eigenvalue weighted by atomic mass is 10.3. The van der Waals surface area contributed by atoms with Crippen molar-refractivity contribution in [3.63, 3.8) is 0 Å². The number of H-pyrrole nitrogens is 1. The molecule has 0 aliphatic rings. The number of hydrogen-bond donors (Lipinski definition) is 1. The van der Waals surface area contributed by atoms with E-state index < -0.39 is 0 Å². The predicted octanol–water partition coefficient (Wildman–Crippen LogP) is 2.09. The second kappa shape index (κ2) is 5.47. The standard InChI is InChI=1S/C14H16N8/c1-8-5-9(2)17-13(16-8)22(12-7-15-21-20-12)14-18-10(3)6-11(4)19-14/h5-7H,1-4H3,(H,15,20,21). The fraction of sp³-hybridized carbons (Fsp3) is 0.286. The van der Waals surface area contributed by atoms with Gasteiger partial charge < -0.3 is 0 Å². The van der Waals surface area contributed by atoms with E-state index in [0.717, 1.165) is 22.8 Å². The van der Waals surface area contributed by atoms with Gasteiger partial charge in [-0.2, -0.15) is 10.3 Å². The highest BCUT2D eigenvalue weighted by Crippen LogP contribution is 2.27. The lowest BCUT2D eigenvalue weighted by Gasteiger charge is -2.19. The summed E-state index contributed by atoms with van der Waals surface area (Å²) in [4.78, 5) is 19.6.